The molecule has 0 spiro atoms. The van der Waals surface area contributed by atoms with E-state index in [1.807, 2.05) is 30.9 Å². The predicted molar refractivity (Wildman–Crippen MR) is 61.7 cm³/mol. The van der Waals surface area contributed by atoms with Crippen molar-refractivity contribution in [1.29, 1.82) is 0 Å². The van der Waals surface area contributed by atoms with Crippen molar-refractivity contribution in [1.82, 2.24) is 9.78 Å². The van der Waals surface area contributed by atoms with Crippen molar-refractivity contribution >= 4 is 5.69 Å². The minimum atomic E-state index is -0.230. The first-order chi connectivity index (χ1) is 7.66. The number of anilines is 1. The molecule has 2 rings (SSSR count). The molecule has 1 aromatic heterocycles. The van der Waals surface area contributed by atoms with E-state index in [2.05, 4.69) is 10.4 Å². The summed E-state index contributed by atoms with van der Waals surface area (Å²) >= 11 is 0. The first kappa shape index (κ1) is 10.7. The van der Waals surface area contributed by atoms with Crippen LogP contribution in [0.5, 0.6) is 0 Å². The van der Waals surface area contributed by atoms with Gasteiger partial charge in [0.1, 0.15) is 5.82 Å². The standard InChI is InChI=1S/C12H14FN3/c1-9-7-15-16(2)12(9)8-14-11-5-3-4-10(13)6-11/h3-7,14H,8H2,1-2H3. The van der Waals surface area contributed by atoms with E-state index in [4.69, 9.17) is 0 Å². The molecule has 0 atom stereocenters. The summed E-state index contributed by atoms with van der Waals surface area (Å²) in [5, 5.41) is 7.32. The maximum atomic E-state index is 12.9. The van der Waals surface area contributed by atoms with Crippen LogP contribution in [0.3, 0.4) is 0 Å². The van der Waals surface area contributed by atoms with Crippen LogP contribution in [0.1, 0.15) is 11.3 Å². The summed E-state index contributed by atoms with van der Waals surface area (Å²) in [6.07, 6.45) is 1.82. The van der Waals surface area contributed by atoms with Crippen LogP contribution in [-0.4, -0.2) is 9.78 Å². The Morgan fingerprint density at radius 2 is 2.25 bits per heavy atom. The van der Waals surface area contributed by atoms with Gasteiger partial charge in [-0.15, -0.1) is 0 Å². The number of nitrogens with one attached hydrogen (secondary N) is 1. The van der Waals surface area contributed by atoms with Crippen LogP contribution in [0, 0.1) is 12.7 Å². The van der Waals surface area contributed by atoms with Gasteiger partial charge in [-0.2, -0.15) is 5.10 Å². The molecule has 0 aliphatic carbocycles. The van der Waals surface area contributed by atoms with Crippen LogP contribution in [-0.2, 0) is 13.6 Å². The number of aromatic nitrogens is 2. The van der Waals surface area contributed by atoms with E-state index in [0.717, 1.165) is 16.9 Å². The highest BCUT2D eigenvalue weighted by molar-refractivity contribution is 5.43. The summed E-state index contributed by atoms with van der Waals surface area (Å²) in [6.45, 7) is 2.65. The largest absolute Gasteiger partial charge is 0.379 e. The first-order valence-corrected chi connectivity index (χ1v) is 5.14. The second-order valence-corrected chi connectivity index (χ2v) is 3.76. The lowest BCUT2D eigenvalue weighted by molar-refractivity contribution is 0.628. The van der Waals surface area contributed by atoms with E-state index < -0.39 is 0 Å². The lowest BCUT2D eigenvalue weighted by atomic mass is 10.2. The molecule has 0 bridgehead atoms. The van der Waals surface area contributed by atoms with E-state index in [1.54, 1.807) is 6.07 Å². The van der Waals surface area contributed by atoms with Gasteiger partial charge in [-0.25, -0.2) is 4.39 Å². The average Bonchev–Trinajstić information content (AvgIpc) is 2.56. The summed E-state index contributed by atoms with van der Waals surface area (Å²) in [5.41, 5.74) is 3.01. The Morgan fingerprint density at radius 3 is 2.88 bits per heavy atom. The fourth-order valence-electron chi connectivity index (χ4n) is 1.61. The quantitative estimate of drug-likeness (QED) is 0.859. The van der Waals surface area contributed by atoms with Crippen LogP contribution >= 0.6 is 0 Å². The molecule has 1 aromatic carbocycles. The number of nitrogens with zero attached hydrogens (tertiary/aromatic N) is 2. The second kappa shape index (κ2) is 4.35. The molecule has 0 aliphatic heterocycles. The highest BCUT2D eigenvalue weighted by atomic mass is 19.1. The normalized spacial score (nSPS) is 10.4. The topological polar surface area (TPSA) is 29.9 Å². The third-order valence-corrected chi connectivity index (χ3v) is 2.55. The van der Waals surface area contributed by atoms with Crippen molar-refractivity contribution in [2.75, 3.05) is 5.32 Å². The van der Waals surface area contributed by atoms with Crippen molar-refractivity contribution in [2.24, 2.45) is 7.05 Å². The number of benzene rings is 1. The molecule has 16 heavy (non-hydrogen) atoms. The van der Waals surface area contributed by atoms with Gasteiger partial charge < -0.3 is 5.32 Å². The maximum Gasteiger partial charge on any atom is 0.125 e. The number of rotatable bonds is 3. The second-order valence-electron chi connectivity index (χ2n) is 3.76. The Hall–Kier alpha value is -1.84. The third kappa shape index (κ3) is 2.21. The lowest BCUT2D eigenvalue weighted by Gasteiger charge is -2.07. The molecule has 1 N–H and O–H groups in total. The summed E-state index contributed by atoms with van der Waals surface area (Å²) < 4.78 is 14.8. The zero-order valence-electron chi connectivity index (χ0n) is 9.37. The molecule has 2 aromatic rings. The minimum Gasteiger partial charge on any atom is -0.379 e. The molecule has 0 unspecified atom stereocenters. The third-order valence-electron chi connectivity index (χ3n) is 2.55. The Balaban J connectivity index is 2.08. The molecule has 1 heterocycles. The van der Waals surface area contributed by atoms with Crippen molar-refractivity contribution in [2.45, 2.75) is 13.5 Å². The average molecular weight is 219 g/mol. The number of aryl methyl sites for hydroxylation is 2. The van der Waals surface area contributed by atoms with Gasteiger partial charge in [-0.1, -0.05) is 6.07 Å². The highest BCUT2D eigenvalue weighted by Crippen LogP contribution is 2.12. The Kier molecular flexibility index (Phi) is 2.90. The summed E-state index contributed by atoms with van der Waals surface area (Å²) in [5.74, 6) is -0.230. The van der Waals surface area contributed by atoms with E-state index in [9.17, 15) is 4.39 Å². The van der Waals surface area contributed by atoms with Gasteiger partial charge >= 0.3 is 0 Å². The Bertz CT molecular complexity index is 471. The Labute approximate surface area is 93.9 Å². The minimum absolute atomic E-state index is 0.230. The molecule has 0 saturated carbocycles. The van der Waals surface area contributed by atoms with Gasteiger partial charge in [0.05, 0.1) is 18.4 Å². The zero-order valence-corrected chi connectivity index (χ0v) is 9.37. The van der Waals surface area contributed by atoms with Gasteiger partial charge in [0, 0.05) is 12.7 Å². The van der Waals surface area contributed by atoms with E-state index >= 15 is 0 Å². The van der Waals surface area contributed by atoms with Gasteiger partial charge in [0.15, 0.2) is 0 Å². The number of hydrogen-bond donors (Lipinski definition) is 1. The number of hydrogen-bond acceptors (Lipinski definition) is 2. The fourth-order valence-corrected chi connectivity index (χ4v) is 1.61. The predicted octanol–water partition coefficient (Wildman–Crippen LogP) is 2.48. The van der Waals surface area contributed by atoms with E-state index in [1.165, 1.54) is 12.1 Å². The molecule has 0 radical (unpaired) electrons. The Morgan fingerprint density at radius 1 is 1.44 bits per heavy atom. The van der Waals surface area contributed by atoms with Crippen molar-refractivity contribution in [3.8, 4) is 0 Å². The van der Waals surface area contributed by atoms with Crippen LogP contribution < -0.4 is 5.32 Å². The molecule has 4 heteroatoms. The van der Waals surface area contributed by atoms with Gasteiger partial charge in [-0.3, -0.25) is 4.68 Å². The number of halogens is 1. The SMILES string of the molecule is Cc1cnn(C)c1CNc1cccc(F)c1. The fraction of sp³-hybridized carbons (Fsp3) is 0.250. The van der Waals surface area contributed by atoms with E-state index in [-0.39, 0.29) is 5.82 Å². The van der Waals surface area contributed by atoms with Crippen LogP contribution in [0.2, 0.25) is 0 Å². The summed E-state index contributed by atoms with van der Waals surface area (Å²) in [7, 11) is 1.90. The smallest absolute Gasteiger partial charge is 0.125 e. The lowest BCUT2D eigenvalue weighted by Crippen LogP contribution is -2.06. The van der Waals surface area contributed by atoms with E-state index in [0.29, 0.717) is 6.54 Å². The van der Waals surface area contributed by atoms with Crippen molar-refractivity contribution in [3.05, 3.63) is 47.5 Å². The molecule has 0 fully saturated rings. The summed E-state index contributed by atoms with van der Waals surface area (Å²) in [6, 6.07) is 6.44. The maximum absolute atomic E-state index is 12.9. The monoisotopic (exact) mass is 219 g/mol. The molecule has 0 amide bonds. The van der Waals surface area contributed by atoms with Gasteiger partial charge in [-0.05, 0) is 30.7 Å². The molecule has 0 aliphatic rings. The first-order valence-electron chi connectivity index (χ1n) is 5.14. The molecular formula is C12H14FN3. The van der Waals surface area contributed by atoms with Crippen LogP contribution in [0.15, 0.2) is 30.5 Å². The summed E-state index contributed by atoms with van der Waals surface area (Å²) in [4.78, 5) is 0. The molecule has 84 valence electrons. The van der Waals surface area contributed by atoms with Crippen LogP contribution in [0.4, 0.5) is 10.1 Å². The van der Waals surface area contributed by atoms with Crippen molar-refractivity contribution in [3.63, 3.8) is 0 Å². The highest BCUT2D eigenvalue weighted by Gasteiger charge is 2.03. The molecule has 0 saturated heterocycles. The van der Waals surface area contributed by atoms with Gasteiger partial charge in [0.2, 0.25) is 0 Å². The zero-order chi connectivity index (χ0) is 11.5. The molecular weight excluding hydrogens is 205 g/mol. The van der Waals surface area contributed by atoms with Crippen molar-refractivity contribution < 1.29 is 4.39 Å². The van der Waals surface area contributed by atoms with Crippen LogP contribution in [0.25, 0.3) is 0 Å². The van der Waals surface area contributed by atoms with Gasteiger partial charge in [0.25, 0.3) is 0 Å². The molecule has 3 nitrogen and oxygen atoms in total.